The van der Waals surface area contributed by atoms with Crippen LogP contribution in [0.25, 0.3) is 22.2 Å². The predicted molar refractivity (Wildman–Crippen MR) is 156 cm³/mol. The maximum atomic E-state index is 11.3. The van der Waals surface area contributed by atoms with E-state index in [2.05, 4.69) is 19.9 Å². The predicted octanol–water partition coefficient (Wildman–Crippen LogP) is -0.464. The topological polar surface area (TPSA) is 221 Å². The average molecular weight is 611 g/mol. The van der Waals surface area contributed by atoms with Crippen LogP contribution in [0.3, 0.4) is 0 Å². The van der Waals surface area contributed by atoms with E-state index in [0.717, 1.165) is 48.1 Å². The van der Waals surface area contributed by atoms with Gasteiger partial charge in [0.05, 0.1) is 30.6 Å². The summed E-state index contributed by atoms with van der Waals surface area (Å²) in [5.41, 5.74) is 8.52. The van der Waals surface area contributed by atoms with Crippen LogP contribution in [-0.4, -0.2) is 117 Å². The van der Waals surface area contributed by atoms with Crippen molar-refractivity contribution in [1.82, 2.24) is 34.4 Å². The molecule has 7 rings (SSSR count). The van der Waals surface area contributed by atoms with Gasteiger partial charge in [0.15, 0.2) is 17.7 Å². The molecule has 5 heterocycles. The Morgan fingerprint density at radius 2 is 1.95 bits per heavy atom. The van der Waals surface area contributed by atoms with Crippen molar-refractivity contribution in [2.75, 3.05) is 32.1 Å². The first-order chi connectivity index (χ1) is 21.2. The van der Waals surface area contributed by atoms with E-state index in [1.165, 1.54) is 12.7 Å². The van der Waals surface area contributed by atoms with Gasteiger partial charge in [-0.1, -0.05) is 13.0 Å². The Bertz CT molecular complexity index is 1650. The van der Waals surface area contributed by atoms with Crippen molar-refractivity contribution in [3.63, 3.8) is 0 Å². The number of nitrogens with one attached hydrogen (secondary N) is 1. The number of nitrogen functional groups attached to an aromatic ring is 1. The number of rotatable bonds is 9. The molecule has 1 unspecified atom stereocenters. The lowest BCUT2D eigenvalue weighted by atomic mass is 9.76. The third kappa shape index (κ3) is 4.75. The van der Waals surface area contributed by atoms with Crippen LogP contribution in [0.5, 0.6) is 0 Å². The van der Waals surface area contributed by atoms with Gasteiger partial charge in [-0.25, -0.2) is 24.8 Å². The minimum absolute atomic E-state index is 0.0348. The lowest BCUT2D eigenvalue weighted by Crippen LogP contribution is -2.68. The van der Waals surface area contributed by atoms with Gasteiger partial charge < -0.3 is 45.7 Å². The summed E-state index contributed by atoms with van der Waals surface area (Å²) in [6, 6.07) is 5.70. The van der Waals surface area contributed by atoms with E-state index in [9.17, 15) is 25.5 Å². The Morgan fingerprint density at radius 1 is 1.16 bits per heavy atom. The SMILES string of the molecule is CC(CO)(CO)c1ccc2[nH]c(CCC3CC(N4C[C@H]5O[C@@H](n6cnc7c(N)ncnc76)[C@H](O)[C@@H]5OC4(O)CO)C3)nc2c1. The van der Waals surface area contributed by atoms with E-state index < -0.39 is 42.5 Å². The lowest BCUT2D eigenvalue weighted by Gasteiger charge is -2.53. The molecule has 15 nitrogen and oxygen atoms in total. The second-order valence-electron chi connectivity index (χ2n) is 12.6. The van der Waals surface area contributed by atoms with Crippen molar-refractivity contribution in [2.24, 2.45) is 5.92 Å². The molecular weight excluding hydrogens is 572 g/mol. The van der Waals surface area contributed by atoms with Crippen LogP contribution in [-0.2, 0) is 21.3 Å². The second kappa shape index (κ2) is 11.0. The van der Waals surface area contributed by atoms with Crippen LogP contribution in [0.15, 0.2) is 30.9 Å². The number of aliphatic hydroxyl groups excluding tert-OH is 4. The highest BCUT2D eigenvalue weighted by molar-refractivity contribution is 5.81. The number of aliphatic hydroxyl groups is 5. The number of aryl methyl sites for hydroxylation is 1. The van der Waals surface area contributed by atoms with Crippen molar-refractivity contribution < 1.29 is 35.0 Å². The number of nitrogens with two attached hydrogens (primary N) is 1. The summed E-state index contributed by atoms with van der Waals surface area (Å²) in [6.07, 6.45) is 2.58. The van der Waals surface area contributed by atoms with E-state index in [0.29, 0.717) is 17.1 Å². The molecule has 3 fully saturated rings. The highest BCUT2D eigenvalue weighted by Crippen LogP contribution is 2.44. The third-order valence-corrected chi connectivity index (χ3v) is 9.69. The standard InChI is InChI=1S/C29H38N8O7/c1-28(10-38,11-39)16-3-4-18-19(8-16)35-21(34-18)5-2-15-6-17(7-15)37-9-20-24(44-29(37,42)12-40)23(41)27(43-20)36-14-33-22-25(30)31-13-32-26(22)36/h3-4,8,13-15,17,20,23-24,27,38-42H,2,5-7,9-12H2,1H3,(H,34,35)(H2,30,31,32)/t15?,17?,20-,23-,24-,27-,29?/m1/s1. The number of hydrogen-bond acceptors (Lipinski definition) is 13. The van der Waals surface area contributed by atoms with Crippen LogP contribution >= 0.6 is 0 Å². The van der Waals surface area contributed by atoms with Gasteiger partial charge >= 0.3 is 0 Å². The van der Waals surface area contributed by atoms with Crippen molar-refractivity contribution in [3.8, 4) is 0 Å². The molecule has 5 atom stereocenters. The van der Waals surface area contributed by atoms with Crippen molar-refractivity contribution in [1.29, 1.82) is 0 Å². The van der Waals surface area contributed by atoms with E-state index in [1.807, 2.05) is 25.1 Å². The van der Waals surface area contributed by atoms with Crippen LogP contribution in [0.4, 0.5) is 5.82 Å². The van der Waals surface area contributed by atoms with Gasteiger partial charge in [-0.15, -0.1) is 0 Å². The number of imidazole rings is 2. The number of fused-ring (bicyclic) bond motifs is 3. The minimum Gasteiger partial charge on any atom is -0.395 e. The maximum Gasteiger partial charge on any atom is 0.252 e. The second-order valence-corrected chi connectivity index (χ2v) is 12.6. The molecule has 0 amide bonds. The third-order valence-electron chi connectivity index (χ3n) is 9.69. The highest BCUT2D eigenvalue weighted by Gasteiger charge is 2.58. The monoisotopic (exact) mass is 610 g/mol. The number of aromatic nitrogens is 6. The average Bonchev–Trinajstić information content (AvgIpc) is 3.71. The normalized spacial score (nSPS) is 31.0. The van der Waals surface area contributed by atoms with E-state index >= 15 is 0 Å². The Morgan fingerprint density at radius 3 is 2.70 bits per heavy atom. The van der Waals surface area contributed by atoms with Crippen molar-refractivity contribution in [2.45, 2.75) is 74.5 Å². The summed E-state index contributed by atoms with van der Waals surface area (Å²) in [5.74, 6) is -0.479. The number of nitrogens with zero attached hydrogens (tertiary/aromatic N) is 6. The first kappa shape index (κ1) is 29.4. The van der Waals surface area contributed by atoms with E-state index in [1.54, 1.807) is 9.47 Å². The molecule has 3 aliphatic rings. The molecule has 3 aromatic heterocycles. The van der Waals surface area contributed by atoms with Gasteiger partial charge in [0, 0.05) is 24.4 Å². The van der Waals surface area contributed by atoms with Gasteiger partial charge in [-0.2, -0.15) is 0 Å². The van der Waals surface area contributed by atoms with Gasteiger partial charge in [-0.05, 0) is 42.9 Å². The smallest absolute Gasteiger partial charge is 0.252 e. The van der Waals surface area contributed by atoms with Crippen LogP contribution in [0.1, 0.15) is 43.8 Å². The quantitative estimate of drug-likeness (QED) is 0.128. The molecule has 0 radical (unpaired) electrons. The molecule has 2 aliphatic heterocycles. The zero-order valence-electron chi connectivity index (χ0n) is 24.3. The zero-order valence-corrected chi connectivity index (χ0v) is 24.3. The highest BCUT2D eigenvalue weighted by atomic mass is 16.7. The zero-order chi connectivity index (χ0) is 30.8. The molecule has 1 saturated carbocycles. The molecule has 8 N–H and O–H groups in total. The summed E-state index contributed by atoms with van der Waals surface area (Å²) in [5, 5.41) is 52.2. The molecule has 15 heteroatoms. The van der Waals surface area contributed by atoms with E-state index in [4.69, 9.17) is 20.2 Å². The molecule has 4 aromatic rings. The van der Waals surface area contributed by atoms with Crippen LogP contribution in [0, 0.1) is 5.92 Å². The first-order valence-corrected chi connectivity index (χ1v) is 14.9. The molecular formula is C29H38N8O7. The van der Waals surface area contributed by atoms with Gasteiger partial charge in [-0.3, -0.25) is 4.57 Å². The fraction of sp³-hybridized carbons (Fsp3) is 0.586. The molecule has 2 saturated heterocycles. The molecule has 1 aromatic carbocycles. The number of anilines is 1. The van der Waals surface area contributed by atoms with Crippen molar-refractivity contribution >= 4 is 28.0 Å². The van der Waals surface area contributed by atoms with E-state index in [-0.39, 0.29) is 31.6 Å². The number of hydrogen-bond donors (Lipinski definition) is 7. The number of benzene rings is 1. The summed E-state index contributed by atoms with van der Waals surface area (Å²) in [7, 11) is 0. The fourth-order valence-corrected chi connectivity index (χ4v) is 6.80. The fourth-order valence-electron chi connectivity index (χ4n) is 6.80. The van der Waals surface area contributed by atoms with Gasteiger partial charge in [0.2, 0.25) is 0 Å². The minimum atomic E-state index is -1.95. The summed E-state index contributed by atoms with van der Waals surface area (Å²) < 4.78 is 13.8. The Balaban J connectivity index is 0.992. The summed E-state index contributed by atoms with van der Waals surface area (Å²) in [6.45, 7) is 1.10. The Labute approximate surface area is 252 Å². The molecule has 0 spiro atoms. The van der Waals surface area contributed by atoms with Gasteiger partial charge in [0.1, 0.15) is 42.6 Å². The number of aromatic amines is 1. The summed E-state index contributed by atoms with van der Waals surface area (Å²) in [4.78, 5) is 22.3. The number of H-pyrrole nitrogens is 1. The van der Waals surface area contributed by atoms with Crippen LogP contribution in [0.2, 0.25) is 0 Å². The molecule has 0 bridgehead atoms. The van der Waals surface area contributed by atoms with Crippen LogP contribution < -0.4 is 5.73 Å². The number of ether oxygens (including phenoxy) is 2. The van der Waals surface area contributed by atoms with Crippen molar-refractivity contribution in [3.05, 3.63) is 42.2 Å². The molecule has 236 valence electrons. The Hall–Kier alpha value is -3.28. The Kier molecular flexibility index (Phi) is 7.33. The molecule has 44 heavy (non-hydrogen) atoms. The summed E-state index contributed by atoms with van der Waals surface area (Å²) >= 11 is 0. The first-order valence-electron chi connectivity index (χ1n) is 14.9. The van der Waals surface area contributed by atoms with Gasteiger partial charge in [0.25, 0.3) is 5.91 Å². The lowest BCUT2D eigenvalue weighted by molar-refractivity contribution is -0.374. The maximum absolute atomic E-state index is 11.3. The molecule has 1 aliphatic carbocycles. The largest absolute Gasteiger partial charge is 0.395 e.